The van der Waals surface area contributed by atoms with E-state index in [4.69, 9.17) is 11.6 Å². The molecule has 0 atom stereocenters. The van der Waals surface area contributed by atoms with E-state index in [0.717, 1.165) is 6.42 Å². The summed E-state index contributed by atoms with van der Waals surface area (Å²) in [6.07, 6.45) is 2.87. The maximum atomic E-state index is 5.43. The van der Waals surface area contributed by atoms with Gasteiger partial charge in [0.1, 0.15) is 0 Å². The average molecular weight is 118 g/mol. The number of rotatable bonds is 2. The van der Waals surface area contributed by atoms with Crippen molar-refractivity contribution in [2.75, 3.05) is 5.88 Å². The van der Waals surface area contributed by atoms with Crippen LogP contribution >= 0.6 is 11.6 Å². The van der Waals surface area contributed by atoms with Crippen molar-refractivity contribution in [3.63, 3.8) is 0 Å². The molecule has 0 heterocycles. The first-order valence-electron chi connectivity index (χ1n) is 2.32. The second kappa shape index (κ2) is 4.20. The van der Waals surface area contributed by atoms with Crippen LogP contribution in [0.4, 0.5) is 0 Å². The molecule has 0 fully saturated rings. The summed E-state index contributed by atoms with van der Waals surface area (Å²) in [6, 6.07) is 0. The van der Waals surface area contributed by atoms with Crippen molar-refractivity contribution in [1.29, 1.82) is 0 Å². The van der Waals surface area contributed by atoms with Gasteiger partial charge in [0.25, 0.3) is 0 Å². The topological polar surface area (TPSA) is 0 Å². The van der Waals surface area contributed by atoms with Gasteiger partial charge in [-0.15, -0.1) is 11.6 Å². The molecular weight excluding hydrogens is 108 g/mol. The smallest absolute Gasteiger partial charge is 0.0430 e. The van der Waals surface area contributed by atoms with Crippen LogP contribution in [-0.2, 0) is 0 Å². The van der Waals surface area contributed by atoms with Gasteiger partial charge in [0.15, 0.2) is 0 Å². The van der Waals surface area contributed by atoms with Crippen molar-refractivity contribution in [3.8, 4) is 0 Å². The number of allylic oxidation sites excluding steroid dienone is 2. The standard InChI is InChI=1S/C6H10Cl/c1-3-4-6(2)5-7/h4H,1,3,5H2,2H3. The highest BCUT2D eigenvalue weighted by atomic mass is 35.5. The quantitative estimate of drug-likeness (QED) is 0.385. The lowest BCUT2D eigenvalue weighted by molar-refractivity contribution is 1.28. The van der Waals surface area contributed by atoms with Crippen LogP contribution in [0, 0.1) is 6.92 Å². The van der Waals surface area contributed by atoms with E-state index in [9.17, 15) is 0 Å². The van der Waals surface area contributed by atoms with Gasteiger partial charge >= 0.3 is 0 Å². The van der Waals surface area contributed by atoms with Crippen LogP contribution in [0.25, 0.3) is 0 Å². The molecule has 1 heteroatoms. The van der Waals surface area contributed by atoms with Crippen LogP contribution in [0.3, 0.4) is 0 Å². The zero-order valence-electron chi connectivity index (χ0n) is 4.58. The molecule has 1 radical (unpaired) electrons. The van der Waals surface area contributed by atoms with Gasteiger partial charge in [-0.2, -0.15) is 0 Å². The first kappa shape index (κ1) is 7.03. The second-order valence-corrected chi connectivity index (χ2v) is 1.74. The molecule has 0 N–H and O–H groups in total. The molecule has 0 saturated heterocycles. The number of alkyl halides is 1. The molecule has 0 aliphatic heterocycles. The van der Waals surface area contributed by atoms with Crippen molar-refractivity contribution in [2.24, 2.45) is 0 Å². The van der Waals surface area contributed by atoms with E-state index in [1.807, 2.05) is 13.0 Å². The highest BCUT2D eigenvalue weighted by molar-refractivity contribution is 6.19. The minimum atomic E-state index is 0.634. The van der Waals surface area contributed by atoms with Crippen molar-refractivity contribution in [1.82, 2.24) is 0 Å². The zero-order valence-corrected chi connectivity index (χ0v) is 5.33. The summed E-state index contributed by atoms with van der Waals surface area (Å²) in [4.78, 5) is 0. The average Bonchev–Trinajstić information content (AvgIpc) is 1.68. The molecule has 0 rings (SSSR count). The molecule has 0 saturated carbocycles. The van der Waals surface area contributed by atoms with E-state index in [2.05, 4.69) is 6.92 Å². The van der Waals surface area contributed by atoms with Gasteiger partial charge in [0.05, 0.1) is 0 Å². The van der Waals surface area contributed by atoms with Gasteiger partial charge in [-0.05, 0) is 20.3 Å². The van der Waals surface area contributed by atoms with Gasteiger partial charge in [0.2, 0.25) is 0 Å². The first-order valence-corrected chi connectivity index (χ1v) is 2.85. The van der Waals surface area contributed by atoms with E-state index in [-0.39, 0.29) is 0 Å². The molecule has 41 valence electrons. The summed E-state index contributed by atoms with van der Waals surface area (Å²) in [7, 11) is 0. The van der Waals surface area contributed by atoms with Crippen LogP contribution in [0.2, 0.25) is 0 Å². The van der Waals surface area contributed by atoms with Gasteiger partial charge in [-0.1, -0.05) is 11.6 Å². The predicted octanol–water partition coefficient (Wildman–Crippen LogP) is 2.40. The largest absolute Gasteiger partial charge is 0.122 e. The van der Waals surface area contributed by atoms with Gasteiger partial charge in [0, 0.05) is 5.88 Å². The number of hydrogen-bond acceptors (Lipinski definition) is 0. The van der Waals surface area contributed by atoms with Crippen LogP contribution in [0.5, 0.6) is 0 Å². The lowest BCUT2D eigenvalue weighted by Gasteiger charge is -1.86. The van der Waals surface area contributed by atoms with Gasteiger partial charge in [-0.25, -0.2) is 0 Å². The third-order valence-electron chi connectivity index (χ3n) is 0.704. The van der Waals surface area contributed by atoms with Crippen LogP contribution in [0.15, 0.2) is 11.6 Å². The monoisotopic (exact) mass is 117 g/mol. The van der Waals surface area contributed by atoms with Crippen LogP contribution < -0.4 is 0 Å². The summed E-state index contributed by atoms with van der Waals surface area (Å²) in [6.45, 7) is 5.64. The van der Waals surface area contributed by atoms with E-state index in [1.54, 1.807) is 0 Å². The highest BCUT2D eigenvalue weighted by Gasteiger charge is 1.78. The van der Waals surface area contributed by atoms with Crippen molar-refractivity contribution >= 4 is 11.6 Å². The van der Waals surface area contributed by atoms with Gasteiger partial charge < -0.3 is 0 Å². The Hall–Kier alpha value is 0.0300. The zero-order chi connectivity index (χ0) is 5.70. The Bertz CT molecular complexity index is 64.6. The molecule has 0 nitrogen and oxygen atoms in total. The predicted molar refractivity (Wildman–Crippen MR) is 34.5 cm³/mol. The lowest BCUT2D eigenvalue weighted by atomic mass is 10.3. The Labute approximate surface area is 50.2 Å². The van der Waals surface area contributed by atoms with E-state index < -0.39 is 0 Å². The van der Waals surface area contributed by atoms with E-state index >= 15 is 0 Å². The van der Waals surface area contributed by atoms with Crippen LogP contribution in [0.1, 0.15) is 13.3 Å². The fourth-order valence-electron chi connectivity index (χ4n) is 0.301. The minimum absolute atomic E-state index is 0.634. The molecule has 0 amide bonds. The van der Waals surface area contributed by atoms with Crippen molar-refractivity contribution in [2.45, 2.75) is 13.3 Å². The fourth-order valence-corrected chi connectivity index (χ4v) is 0.410. The maximum Gasteiger partial charge on any atom is 0.0430 e. The van der Waals surface area contributed by atoms with E-state index in [0.29, 0.717) is 5.88 Å². The Balaban J connectivity index is 3.29. The summed E-state index contributed by atoms with van der Waals surface area (Å²) in [5.74, 6) is 0.634. The highest BCUT2D eigenvalue weighted by Crippen LogP contribution is 1.95. The van der Waals surface area contributed by atoms with Crippen LogP contribution in [-0.4, -0.2) is 5.88 Å². The molecule has 7 heavy (non-hydrogen) atoms. The molecule has 0 bridgehead atoms. The third-order valence-corrected chi connectivity index (χ3v) is 1.13. The molecular formula is C6H10Cl. The molecule has 0 aromatic heterocycles. The SMILES string of the molecule is [CH2]CC=C(C)CCl. The first-order chi connectivity index (χ1) is 3.31. The number of hydrogen-bond donors (Lipinski definition) is 0. The Morgan fingerprint density at radius 2 is 2.43 bits per heavy atom. The van der Waals surface area contributed by atoms with E-state index in [1.165, 1.54) is 5.57 Å². The Kier molecular flexibility index (Phi) is 4.21. The summed E-state index contributed by atoms with van der Waals surface area (Å²) < 4.78 is 0. The minimum Gasteiger partial charge on any atom is -0.122 e. The summed E-state index contributed by atoms with van der Waals surface area (Å²) >= 11 is 5.43. The summed E-state index contributed by atoms with van der Waals surface area (Å²) in [5, 5.41) is 0. The Morgan fingerprint density at radius 1 is 1.86 bits per heavy atom. The normalized spacial score (nSPS) is 12.1. The maximum absolute atomic E-state index is 5.43. The van der Waals surface area contributed by atoms with Crippen molar-refractivity contribution < 1.29 is 0 Å². The lowest BCUT2D eigenvalue weighted by Crippen LogP contribution is -1.73. The molecule has 0 unspecified atom stereocenters. The second-order valence-electron chi connectivity index (χ2n) is 1.47. The van der Waals surface area contributed by atoms with Gasteiger partial charge in [-0.3, -0.25) is 0 Å². The molecule has 0 aliphatic rings. The molecule has 0 aromatic rings. The van der Waals surface area contributed by atoms with Crippen molar-refractivity contribution in [3.05, 3.63) is 18.6 Å². The third kappa shape index (κ3) is 3.87. The fraction of sp³-hybridized carbons (Fsp3) is 0.500. The number of halogens is 1. The Morgan fingerprint density at radius 3 is 2.57 bits per heavy atom. The molecule has 0 spiro atoms. The molecule has 0 aliphatic carbocycles. The summed E-state index contributed by atoms with van der Waals surface area (Å²) in [5.41, 5.74) is 1.21. The molecule has 0 aromatic carbocycles.